The van der Waals surface area contributed by atoms with Gasteiger partial charge >= 0.3 is 5.97 Å². The Bertz CT molecular complexity index is 385. The molecule has 0 spiro atoms. The van der Waals surface area contributed by atoms with Gasteiger partial charge in [0.05, 0.1) is 10.9 Å². The first kappa shape index (κ1) is 10.8. The van der Waals surface area contributed by atoms with Crippen molar-refractivity contribution in [1.82, 2.24) is 4.98 Å². The van der Waals surface area contributed by atoms with Crippen molar-refractivity contribution in [1.29, 1.82) is 0 Å². The van der Waals surface area contributed by atoms with Gasteiger partial charge in [0, 0.05) is 11.4 Å². The molecule has 1 saturated carbocycles. The van der Waals surface area contributed by atoms with Gasteiger partial charge in [-0.2, -0.15) is 0 Å². The van der Waals surface area contributed by atoms with Crippen molar-refractivity contribution >= 4 is 29.3 Å². The van der Waals surface area contributed by atoms with Crippen LogP contribution < -0.4 is 0 Å². The fraction of sp³-hybridized carbons (Fsp3) is 0.400. The normalized spacial score (nSPS) is 24.6. The molecule has 1 aliphatic rings. The summed E-state index contributed by atoms with van der Waals surface area (Å²) in [5, 5.41) is 10.3. The highest BCUT2D eigenvalue weighted by Gasteiger charge is 2.37. The average molecular weight is 244 g/mol. The average Bonchev–Trinajstić information content (AvgIpc) is 2.13. The second kappa shape index (κ2) is 4.41. The standard InChI is InChI=1S/C10H10ClNO2S/c11-7-2-1-5-12-9(7)15-8-4-3-6(8)10(13)14/h1-2,5-6,8H,3-4H2,(H,13,14). The lowest BCUT2D eigenvalue weighted by atomic mass is 9.85. The van der Waals surface area contributed by atoms with Crippen LogP contribution in [0.15, 0.2) is 23.4 Å². The summed E-state index contributed by atoms with van der Waals surface area (Å²) in [5.74, 6) is -0.959. The van der Waals surface area contributed by atoms with E-state index in [0.717, 1.165) is 17.9 Å². The monoisotopic (exact) mass is 243 g/mol. The van der Waals surface area contributed by atoms with Gasteiger partial charge in [0.1, 0.15) is 5.03 Å². The summed E-state index contributed by atoms with van der Waals surface area (Å²) < 4.78 is 0. The molecule has 1 heterocycles. The van der Waals surface area contributed by atoms with Crippen molar-refractivity contribution in [2.45, 2.75) is 23.1 Å². The fourth-order valence-corrected chi connectivity index (χ4v) is 3.01. The Labute approximate surface area is 96.9 Å². The number of carbonyl (C=O) groups is 1. The lowest BCUT2D eigenvalue weighted by Gasteiger charge is -2.32. The maximum absolute atomic E-state index is 10.8. The van der Waals surface area contributed by atoms with Crippen LogP contribution in [0.25, 0.3) is 0 Å². The van der Waals surface area contributed by atoms with Crippen LogP contribution in [0.4, 0.5) is 0 Å². The Hall–Kier alpha value is -0.740. The number of halogens is 1. The highest BCUT2D eigenvalue weighted by atomic mass is 35.5. The summed E-state index contributed by atoms with van der Waals surface area (Å²) >= 11 is 7.42. The smallest absolute Gasteiger partial charge is 0.307 e. The maximum atomic E-state index is 10.8. The Morgan fingerprint density at radius 1 is 1.60 bits per heavy atom. The predicted molar refractivity (Wildman–Crippen MR) is 59.3 cm³/mol. The number of thioether (sulfide) groups is 1. The molecule has 0 amide bonds. The topological polar surface area (TPSA) is 50.2 Å². The van der Waals surface area contributed by atoms with Crippen molar-refractivity contribution in [3.05, 3.63) is 23.4 Å². The number of rotatable bonds is 3. The molecule has 0 aliphatic heterocycles. The van der Waals surface area contributed by atoms with Crippen LogP contribution in [0.2, 0.25) is 5.02 Å². The molecule has 2 rings (SSSR count). The lowest BCUT2D eigenvalue weighted by Crippen LogP contribution is -2.35. The van der Waals surface area contributed by atoms with Gasteiger partial charge in [-0.15, -0.1) is 11.8 Å². The van der Waals surface area contributed by atoms with Crippen LogP contribution >= 0.6 is 23.4 Å². The molecule has 0 bridgehead atoms. The van der Waals surface area contributed by atoms with E-state index in [-0.39, 0.29) is 11.2 Å². The molecule has 2 atom stereocenters. The van der Waals surface area contributed by atoms with E-state index in [0.29, 0.717) is 5.02 Å². The first-order chi connectivity index (χ1) is 7.18. The minimum absolute atomic E-state index is 0.120. The number of carboxylic acid groups (broad SMARTS) is 1. The first-order valence-electron chi connectivity index (χ1n) is 4.68. The van der Waals surface area contributed by atoms with Crippen molar-refractivity contribution in [3.63, 3.8) is 0 Å². The van der Waals surface area contributed by atoms with E-state index in [9.17, 15) is 4.79 Å². The molecule has 1 aliphatic carbocycles. The number of hydrogen-bond donors (Lipinski definition) is 1. The van der Waals surface area contributed by atoms with Gasteiger partial charge in [-0.1, -0.05) is 11.6 Å². The molecular formula is C10H10ClNO2S. The van der Waals surface area contributed by atoms with Gasteiger partial charge in [-0.05, 0) is 25.0 Å². The fourth-order valence-electron chi connectivity index (χ4n) is 1.49. The highest BCUT2D eigenvalue weighted by Crippen LogP contribution is 2.42. The summed E-state index contributed by atoms with van der Waals surface area (Å²) in [4.78, 5) is 14.9. The van der Waals surface area contributed by atoms with Gasteiger partial charge in [0.15, 0.2) is 0 Å². The quantitative estimate of drug-likeness (QED) is 0.887. The van der Waals surface area contributed by atoms with E-state index >= 15 is 0 Å². The summed E-state index contributed by atoms with van der Waals surface area (Å²) in [6.07, 6.45) is 3.36. The number of carboxylic acids is 1. The third-order valence-corrected chi connectivity index (χ3v) is 4.35. The molecular weight excluding hydrogens is 234 g/mol. The second-order valence-corrected chi connectivity index (χ2v) is 5.10. The Kier molecular flexibility index (Phi) is 3.17. The van der Waals surface area contributed by atoms with Crippen LogP contribution in [-0.4, -0.2) is 21.3 Å². The van der Waals surface area contributed by atoms with Crippen LogP contribution in [0.3, 0.4) is 0 Å². The van der Waals surface area contributed by atoms with Crippen LogP contribution in [0, 0.1) is 5.92 Å². The molecule has 5 heteroatoms. The van der Waals surface area contributed by atoms with Crippen LogP contribution in [0.1, 0.15) is 12.8 Å². The maximum Gasteiger partial charge on any atom is 0.307 e. The molecule has 0 aromatic carbocycles. The SMILES string of the molecule is O=C(O)C1CCC1Sc1ncccc1Cl. The number of aromatic nitrogens is 1. The summed E-state index contributed by atoms with van der Waals surface area (Å²) in [7, 11) is 0. The number of pyridine rings is 1. The molecule has 1 aromatic heterocycles. The van der Waals surface area contributed by atoms with E-state index in [1.807, 2.05) is 0 Å². The van der Waals surface area contributed by atoms with E-state index in [1.54, 1.807) is 18.3 Å². The van der Waals surface area contributed by atoms with Crippen molar-refractivity contribution in [3.8, 4) is 0 Å². The Morgan fingerprint density at radius 2 is 2.40 bits per heavy atom. The molecule has 15 heavy (non-hydrogen) atoms. The zero-order chi connectivity index (χ0) is 10.8. The zero-order valence-electron chi connectivity index (χ0n) is 7.89. The van der Waals surface area contributed by atoms with Crippen LogP contribution in [0.5, 0.6) is 0 Å². The van der Waals surface area contributed by atoms with Gasteiger partial charge in [-0.3, -0.25) is 4.79 Å². The number of nitrogens with zero attached hydrogens (tertiary/aromatic N) is 1. The van der Waals surface area contributed by atoms with E-state index in [2.05, 4.69) is 4.98 Å². The van der Waals surface area contributed by atoms with Gasteiger partial charge < -0.3 is 5.11 Å². The molecule has 3 nitrogen and oxygen atoms in total. The molecule has 2 unspecified atom stereocenters. The largest absolute Gasteiger partial charge is 0.481 e. The summed E-state index contributed by atoms with van der Waals surface area (Å²) in [5.41, 5.74) is 0. The highest BCUT2D eigenvalue weighted by molar-refractivity contribution is 8.00. The van der Waals surface area contributed by atoms with Gasteiger partial charge in [-0.25, -0.2) is 4.98 Å². The van der Waals surface area contributed by atoms with E-state index < -0.39 is 5.97 Å². The lowest BCUT2D eigenvalue weighted by molar-refractivity contribution is -0.144. The Morgan fingerprint density at radius 3 is 2.93 bits per heavy atom. The van der Waals surface area contributed by atoms with E-state index in [1.165, 1.54) is 11.8 Å². The van der Waals surface area contributed by atoms with Crippen molar-refractivity contribution < 1.29 is 9.90 Å². The zero-order valence-corrected chi connectivity index (χ0v) is 9.46. The number of aliphatic carboxylic acids is 1. The minimum Gasteiger partial charge on any atom is -0.481 e. The molecule has 1 aromatic rings. The third kappa shape index (κ3) is 2.26. The van der Waals surface area contributed by atoms with Crippen molar-refractivity contribution in [2.75, 3.05) is 0 Å². The molecule has 1 N–H and O–H groups in total. The predicted octanol–water partition coefficient (Wildman–Crippen LogP) is 2.69. The molecule has 80 valence electrons. The third-order valence-electron chi connectivity index (χ3n) is 2.52. The Balaban J connectivity index is 2.04. The van der Waals surface area contributed by atoms with Crippen LogP contribution in [-0.2, 0) is 4.79 Å². The van der Waals surface area contributed by atoms with Gasteiger partial charge in [0.2, 0.25) is 0 Å². The molecule has 0 radical (unpaired) electrons. The summed E-state index contributed by atoms with van der Waals surface area (Å²) in [6.45, 7) is 0. The summed E-state index contributed by atoms with van der Waals surface area (Å²) in [6, 6.07) is 3.53. The molecule has 0 saturated heterocycles. The second-order valence-electron chi connectivity index (χ2n) is 3.47. The minimum atomic E-state index is -0.717. The molecule has 1 fully saturated rings. The first-order valence-corrected chi connectivity index (χ1v) is 5.94. The van der Waals surface area contributed by atoms with Crippen molar-refractivity contribution in [2.24, 2.45) is 5.92 Å². The van der Waals surface area contributed by atoms with E-state index in [4.69, 9.17) is 16.7 Å². The number of hydrogen-bond acceptors (Lipinski definition) is 3. The van der Waals surface area contributed by atoms with Gasteiger partial charge in [0.25, 0.3) is 0 Å².